The molecule has 0 nitrogen and oxygen atoms in total. The first-order valence-corrected chi connectivity index (χ1v) is 5.50. The van der Waals surface area contributed by atoms with E-state index in [9.17, 15) is 8.78 Å². The van der Waals surface area contributed by atoms with Gasteiger partial charge in [0.15, 0.2) is 0 Å². The lowest BCUT2D eigenvalue weighted by Crippen LogP contribution is -2.01. The third-order valence-electron chi connectivity index (χ3n) is 2.13. The third kappa shape index (κ3) is 3.37. The van der Waals surface area contributed by atoms with E-state index in [0.29, 0.717) is 10.4 Å². The van der Waals surface area contributed by atoms with Crippen molar-refractivity contribution in [1.29, 1.82) is 0 Å². The van der Waals surface area contributed by atoms with Crippen molar-refractivity contribution < 1.29 is 8.78 Å². The molecule has 0 spiro atoms. The fourth-order valence-corrected chi connectivity index (χ4v) is 2.04. The Morgan fingerprint density at radius 2 is 1.64 bits per heavy atom. The molecule has 0 aromatic heterocycles. The molecule has 0 bridgehead atoms. The van der Waals surface area contributed by atoms with Crippen LogP contribution in [-0.4, -0.2) is 4.83 Å². The number of rotatable bonds is 3. The van der Waals surface area contributed by atoms with Gasteiger partial charge in [-0.2, -0.15) is 0 Å². The van der Waals surface area contributed by atoms with Crippen LogP contribution in [0.1, 0.15) is 31.7 Å². The highest BCUT2D eigenvalue weighted by Gasteiger charge is 2.10. The van der Waals surface area contributed by atoms with Gasteiger partial charge in [-0.15, -0.1) is 0 Å². The van der Waals surface area contributed by atoms with Gasteiger partial charge in [0.25, 0.3) is 0 Å². The number of hydrogen-bond donors (Lipinski definition) is 0. The van der Waals surface area contributed by atoms with Crippen molar-refractivity contribution in [3.05, 3.63) is 35.4 Å². The maximum Gasteiger partial charge on any atom is 0.126 e. The van der Waals surface area contributed by atoms with E-state index in [1.54, 1.807) is 0 Å². The minimum atomic E-state index is -0.505. The van der Waals surface area contributed by atoms with Gasteiger partial charge in [0, 0.05) is 10.9 Å². The van der Waals surface area contributed by atoms with E-state index < -0.39 is 11.6 Å². The van der Waals surface area contributed by atoms with Gasteiger partial charge in [0.1, 0.15) is 11.6 Å². The molecule has 0 amide bonds. The first-order chi connectivity index (χ1) is 6.49. The first kappa shape index (κ1) is 11.6. The number of halogens is 3. The maximum absolute atomic E-state index is 12.9. The van der Waals surface area contributed by atoms with Crippen LogP contribution >= 0.6 is 15.9 Å². The Bertz CT molecular complexity index is 290. The number of hydrogen-bond acceptors (Lipinski definition) is 0. The van der Waals surface area contributed by atoms with Crippen molar-refractivity contribution in [3.8, 4) is 0 Å². The molecule has 0 saturated carbocycles. The monoisotopic (exact) mass is 262 g/mol. The molecule has 0 aliphatic heterocycles. The zero-order valence-corrected chi connectivity index (χ0v) is 9.81. The summed E-state index contributed by atoms with van der Waals surface area (Å²) in [6, 6.07) is 3.68. The molecule has 14 heavy (non-hydrogen) atoms. The van der Waals surface area contributed by atoms with Gasteiger partial charge in [-0.3, -0.25) is 0 Å². The van der Waals surface area contributed by atoms with Crippen LogP contribution in [0.15, 0.2) is 18.2 Å². The summed E-state index contributed by atoms with van der Waals surface area (Å²) in [6.07, 6.45) is 0.864. The lowest BCUT2D eigenvalue weighted by molar-refractivity contribution is 0.571. The zero-order chi connectivity index (χ0) is 10.7. The molecule has 3 heteroatoms. The summed E-state index contributed by atoms with van der Waals surface area (Å²) in [6.45, 7) is 3.98. The van der Waals surface area contributed by atoms with Gasteiger partial charge >= 0.3 is 0 Å². The Morgan fingerprint density at radius 3 is 2.07 bits per heavy atom. The summed E-state index contributed by atoms with van der Waals surface area (Å²) < 4.78 is 25.7. The second-order valence-corrected chi connectivity index (χ2v) is 5.18. The van der Waals surface area contributed by atoms with E-state index >= 15 is 0 Å². The molecular weight excluding hydrogens is 250 g/mol. The van der Waals surface area contributed by atoms with Gasteiger partial charge in [-0.25, -0.2) is 8.78 Å². The average molecular weight is 263 g/mol. The van der Waals surface area contributed by atoms with Crippen LogP contribution < -0.4 is 0 Å². The summed E-state index contributed by atoms with van der Waals surface area (Å²) in [7, 11) is 0. The van der Waals surface area contributed by atoms with Crippen molar-refractivity contribution in [2.75, 3.05) is 0 Å². The minimum absolute atomic E-state index is 0.162. The second-order valence-electron chi connectivity index (χ2n) is 3.62. The van der Waals surface area contributed by atoms with E-state index in [2.05, 4.69) is 15.9 Å². The van der Waals surface area contributed by atoms with Crippen LogP contribution in [0, 0.1) is 11.6 Å². The number of benzene rings is 1. The Balaban J connectivity index is 2.84. The molecule has 1 aromatic rings. The molecule has 0 heterocycles. The molecule has 2 unspecified atom stereocenters. The molecule has 0 saturated heterocycles. The largest absolute Gasteiger partial charge is 0.207 e. The van der Waals surface area contributed by atoms with Gasteiger partial charge < -0.3 is 0 Å². The van der Waals surface area contributed by atoms with Crippen LogP contribution in [0.3, 0.4) is 0 Å². The van der Waals surface area contributed by atoms with Crippen LogP contribution in [-0.2, 0) is 0 Å². The van der Waals surface area contributed by atoms with Gasteiger partial charge in [0.05, 0.1) is 0 Å². The smallest absolute Gasteiger partial charge is 0.126 e. The fourth-order valence-electron chi connectivity index (χ4n) is 1.48. The van der Waals surface area contributed by atoms with E-state index in [1.165, 1.54) is 12.1 Å². The molecule has 0 N–H and O–H groups in total. The quantitative estimate of drug-likeness (QED) is 0.715. The highest BCUT2D eigenvalue weighted by atomic mass is 79.9. The highest BCUT2D eigenvalue weighted by molar-refractivity contribution is 9.09. The summed E-state index contributed by atoms with van der Waals surface area (Å²) in [5.74, 6) is -0.849. The normalized spacial score (nSPS) is 15.2. The molecule has 0 aliphatic rings. The van der Waals surface area contributed by atoms with Gasteiger partial charge in [-0.05, 0) is 30.0 Å². The molecule has 78 valence electrons. The molecule has 0 aliphatic carbocycles. The van der Waals surface area contributed by atoms with Crippen LogP contribution in [0.2, 0.25) is 0 Å². The van der Waals surface area contributed by atoms with E-state index in [0.717, 1.165) is 12.5 Å². The Labute approximate surface area is 91.5 Å². The van der Waals surface area contributed by atoms with Gasteiger partial charge in [0.2, 0.25) is 0 Å². The van der Waals surface area contributed by atoms with Crippen LogP contribution in [0.5, 0.6) is 0 Å². The SMILES string of the molecule is CC(Br)CC(C)c1cc(F)cc(F)c1. The average Bonchev–Trinajstić information content (AvgIpc) is 2.00. The summed E-state index contributed by atoms with van der Waals surface area (Å²) in [4.78, 5) is 0.351. The Morgan fingerprint density at radius 1 is 1.14 bits per heavy atom. The lowest BCUT2D eigenvalue weighted by Gasteiger charge is -2.13. The molecule has 0 radical (unpaired) electrons. The molecular formula is C11H13BrF2. The maximum atomic E-state index is 12.9. The molecule has 1 rings (SSSR count). The molecule has 2 atom stereocenters. The molecule has 0 fully saturated rings. The summed E-state index contributed by atoms with van der Waals surface area (Å²) >= 11 is 3.42. The van der Waals surface area contributed by atoms with Crippen molar-refractivity contribution in [2.24, 2.45) is 0 Å². The van der Waals surface area contributed by atoms with Crippen LogP contribution in [0.25, 0.3) is 0 Å². The number of alkyl halides is 1. The van der Waals surface area contributed by atoms with Crippen molar-refractivity contribution >= 4 is 15.9 Å². The van der Waals surface area contributed by atoms with Crippen molar-refractivity contribution in [3.63, 3.8) is 0 Å². The minimum Gasteiger partial charge on any atom is -0.207 e. The predicted octanol–water partition coefficient (Wildman–Crippen LogP) is 4.24. The molecule has 1 aromatic carbocycles. The zero-order valence-electron chi connectivity index (χ0n) is 8.23. The standard InChI is InChI=1S/C11H13BrF2/c1-7(3-8(2)12)9-4-10(13)6-11(14)5-9/h4-8H,3H2,1-2H3. The summed E-state index contributed by atoms with van der Waals surface area (Å²) in [5, 5.41) is 0. The van der Waals surface area contributed by atoms with E-state index in [-0.39, 0.29) is 5.92 Å². The fraction of sp³-hybridized carbons (Fsp3) is 0.455. The Hall–Kier alpha value is -0.440. The highest BCUT2D eigenvalue weighted by Crippen LogP contribution is 2.24. The third-order valence-corrected chi connectivity index (χ3v) is 2.51. The summed E-state index contributed by atoms with van der Waals surface area (Å²) in [5.41, 5.74) is 0.716. The Kier molecular flexibility index (Phi) is 4.05. The van der Waals surface area contributed by atoms with Crippen LogP contribution in [0.4, 0.5) is 8.78 Å². The predicted molar refractivity (Wildman–Crippen MR) is 57.8 cm³/mol. The van der Waals surface area contributed by atoms with Crippen molar-refractivity contribution in [1.82, 2.24) is 0 Å². The first-order valence-electron chi connectivity index (χ1n) is 4.59. The van der Waals surface area contributed by atoms with Crippen molar-refractivity contribution in [2.45, 2.75) is 31.0 Å². The van der Waals surface area contributed by atoms with E-state index in [1.807, 2.05) is 13.8 Å². The lowest BCUT2D eigenvalue weighted by atomic mass is 9.96. The van der Waals surface area contributed by atoms with E-state index in [4.69, 9.17) is 0 Å². The van der Waals surface area contributed by atoms with Gasteiger partial charge in [-0.1, -0.05) is 29.8 Å². The topological polar surface area (TPSA) is 0 Å². The second kappa shape index (κ2) is 4.87.